The Kier molecular flexibility index (Phi) is 5.70. The van der Waals surface area contributed by atoms with Gasteiger partial charge in [0.05, 0.1) is 12.8 Å². The predicted octanol–water partition coefficient (Wildman–Crippen LogP) is 4.67. The molecule has 1 heterocycles. The molecule has 1 aromatic carbocycles. The van der Waals surface area contributed by atoms with Gasteiger partial charge in [0.15, 0.2) is 0 Å². The molecule has 1 fully saturated rings. The molecule has 24 heavy (non-hydrogen) atoms. The number of hydrogen-bond donors (Lipinski definition) is 0. The van der Waals surface area contributed by atoms with E-state index in [1.807, 2.05) is 30.3 Å². The van der Waals surface area contributed by atoms with E-state index in [2.05, 4.69) is 16.5 Å². The number of methoxy groups -OCH3 is 1. The van der Waals surface area contributed by atoms with Gasteiger partial charge in [0.1, 0.15) is 12.0 Å². The number of ether oxygens (including phenoxy) is 1. The molecule has 1 aliphatic carbocycles. The molecule has 0 radical (unpaired) electrons. The third kappa shape index (κ3) is 4.06. The Morgan fingerprint density at radius 2 is 2.00 bits per heavy atom. The second-order valence-corrected chi connectivity index (χ2v) is 6.38. The van der Waals surface area contributed by atoms with E-state index in [0.717, 1.165) is 30.1 Å². The van der Waals surface area contributed by atoms with Crippen LogP contribution in [-0.2, 0) is 6.54 Å². The van der Waals surface area contributed by atoms with Crippen LogP contribution in [-0.4, -0.2) is 29.6 Å². The third-order valence-electron chi connectivity index (χ3n) is 4.71. The van der Waals surface area contributed by atoms with Crippen molar-refractivity contribution in [1.29, 1.82) is 0 Å². The highest BCUT2D eigenvalue weighted by Crippen LogP contribution is 2.25. The number of benzene rings is 1. The number of aromatic nitrogens is 1. The summed E-state index contributed by atoms with van der Waals surface area (Å²) in [6, 6.07) is 8.42. The fourth-order valence-corrected chi connectivity index (χ4v) is 3.41. The van der Waals surface area contributed by atoms with E-state index in [0.29, 0.717) is 11.9 Å². The molecule has 0 amide bonds. The molecular weight excluding hydrogens is 300 g/mol. The van der Waals surface area contributed by atoms with Crippen molar-refractivity contribution in [2.24, 2.45) is 0 Å². The highest BCUT2D eigenvalue weighted by atomic mass is 16.5. The van der Waals surface area contributed by atoms with Crippen molar-refractivity contribution in [3.63, 3.8) is 0 Å². The van der Waals surface area contributed by atoms with Crippen molar-refractivity contribution in [2.45, 2.75) is 44.7 Å². The lowest BCUT2D eigenvalue weighted by Gasteiger charge is -2.33. The van der Waals surface area contributed by atoms with Crippen LogP contribution >= 0.6 is 0 Å². The van der Waals surface area contributed by atoms with Crippen LogP contribution in [0.1, 0.15) is 37.8 Å². The highest BCUT2D eigenvalue weighted by Gasteiger charge is 2.21. The maximum absolute atomic E-state index is 5.69. The molecule has 0 bridgehead atoms. The minimum atomic E-state index is 0.637. The van der Waals surface area contributed by atoms with E-state index in [4.69, 9.17) is 9.15 Å². The molecule has 1 aliphatic rings. The normalized spacial score (nSPS) is 15.6. The first kappa shape index (κ1) is 16.8. The van der Waals surface area contributed by atoms with Crippen molar-refractivity contribution in [1.82, 2.24) is 9.88 Å². The molecule has 3 rings (SSSR count). The summed E-state index contributed by atoms with van der Waals surface area (Å²) in [5, 5.41) is 0. The summed E-state index contributed by atoms with van der Waals surface area (Å²) in [5.74, 6) is 1.50. The second kappa shape index (κ2) is 8.15. The molecule has 1 saturated carbocycles. The largest absolute Gasteiger partial charge is 0.497 e. The predicted molar refractivity (Wildman–Crippen MR) is 96.0 cm³/mol. The summed E-state index contributed by atoms with van der Waals surface area (Å²) in [5.41, 5.74) is 1.95. The van der Waals surface area contributed by atoms with Gasteiger partial charge in [-0.05, 0) is 37.1 Å². The summed E-state index contributed by atoms with van der Waals surface area (Å²) in [6.07, 6.45) is 10.3. The maximum Gasteiger partial charge on any atom is 0.226 e. The first-order valence-electron chi connectivity index (χ1n) is 8.74. The molecule has 0 N–H and O–H groups in total. The Morgan fingerprint density at radius 1 is 1.25 bits per heavy atom. The molecule has 1 aromatic heterocycles. The van der Waals surface area contributed by atoms with Gasteiger partial charge in [0, 0.05) is 24.7 Å². The van der Waals surface area contributed by atoms with Gasteiger partial charge in [-0.25, -0.2) is 4.98 Å². The summed E-state index contributed by atoms with van der Waals surface area (Å²) >= 11 is 0. The van der Waals surface area contributed by atoms with E-state index >= 15 is 0 Å². The zero-order valence-corrected chi connectivity index (χ0v) is 14.4. The van der Waals surface area contributed by atoms with Crippen molar-refractivity contribution in [3.8, 4) is 17.2 Å². The molecule has 128 valence electrons. The van der Waals surface area contributed by atoms with Crippen LogP contribution in [0, 0.1) is 0 Å². The third-order valence-corrected chi connectivity index (χ3v) is 4.71. The SMILES string of the molecule is C=CCN(Cc1coc(-c2ccc(OC)cc2)n1)C1CCCCC1. The van der Waals surface area contributed by atoms with Gasteiger partial charge in [-0.15, -0.1) is 6.58 Å². The average Bonchev–Trinajstić information content (AvgIpc) is 3.11. The monoisotopic (exact) mass is 326 g/mol. The smallest absolute Gasteiger partial charge is 0.226 e. The number of nitrogens with zero attached hydrogens (tertiary/aromatic N) is 2. The second-order valence-electron chi connectivity index (χ2n) is 6.38. The summed E-state index contributed by atoms with van der Waals surface area (Å²) < 4.78 is 10.9. The van der Waals surface area contributed by atoms with Crippen molar-refractivity contribution in [3.05, 3.63) is 48.9 Å². The Morgan fingerprint density at radius 3 is 2.67 bits per heavy atom. The van der Waals surface area contributed by atoms with E-state index in [9.17, 15) is 0 Å². The number of oxazole rings is 1. The molecule has 0 atom stereocenters. The maximum atomic E-state index is 5.69. The number of hydrogen-bond acceptors (Lipinski definition) is 4. The van der Waals surface area contributed by atoms with Gasteiger partial charge in [0.2, 0.25) is 5.89 Å². The Labute approximate surface area is 144 Å². The lowest BCUT2D eigenvalue weighted by molar-refractivity contribution is 0.163. The Bertz CT molecular complexity index is 642. The zero-order valence-electron chi connectivity index (χ0n) is 14.4. The average molecular weight is 326 g/mol. The summed E-state index contributed by atoms with van der Waals surface area (Å²) in [4.78, 5) is 7.14. The summed E-state index contributed by atoms with van der Waals surface area (Å²) in [6.45, 7) is 5.62. The van der Waals surface area contributed by atoms with Crippen LogP contribution in [0.15, 0.2) is 47.6 Å². The highest BCUT2D eigenvalue weighted by molar-refractivity contribution is 5.54. The van der Waals surface area contributed by atoms with E-state index < -0.39 is 0 Å². The van der Waals surface area contributed by atoms with E-state index in [1.54, 1.807) is 13.4 Å². The first-order valence-corrected chi connectivity index (χ1v) is 8.74. The Balaban J connectivity index is 1.69. The molecule has 0 aliphatic heterocycles. The van der Waals surface area contributed by atoms with Crippen LogP contribution in [0.4, 0.5) is 0 Å². The van der Waals surface area contributed by atoms with Crippen molar-refractivity contribution < 1.29 is 9.15 Å². The standard InChI is InChI=1S/C20H26N2O2/c1-3-13-22(18-7-5-4-6-8-18)14-17-15-24-20(21-17)16-9-11-19(23-2)12-10-16/h3,9-12,15,18H,1,4-8,13-14H2,2H3. The van der Waals surface area contributed by atoms with Crippen molar-refractivity contribution in [2.75, 3.05) is 13.7 Å². The lowest BCUT2D eigenvalue weighted by atomic mass is 9.94. The molecule has 0 unspecified atom stereocenters. The molecule has 2 aromatic rings. The summed E-state index contributed by atoms with van der Waals surface area (Å²) in [7, 11) is 1.66. The minimum Gasteiger partial charge on any atom is -0.497 e. The van der Waals surface area contributed by atoms with Gasteiger partial charge in [-0.1, -0.05) is 25.3 Å². The quantitative estimate of drug-likeness (QED) is 0.693. The topological polar surface area (TPSA) is 38.5 Å². The first-order chi connectivity index (χ1) is 11.8. The van der Waals surface area contributed by atoms with Gasteiger partial charge in [-0.3, -0.25) is 4.90 Å². The molecular formula is C20H26N2O2. The molecule has 4 heteroatoms. The zero-order chi connectivity index (χ0) is 16.8. The van der Waals surface area contributed by atoms with E-state index in [-0.39, 0.29) is 0 Å². The van der Waals surface area contributed by atoms with Gasteiger partial charge in [-0.2, -0.15) is 0 Å². The van der Waals surface area contributed by atoms with Gasteiger partial charge in [0.25, 0.3) is 0 Å². The molecule has 0 spiro atoms. The fourth-order valence-electron chi connectivity index (χ4n) is 3.41. The minimum absolute atomic E-state index is 0.637. The molecule has 4 nitrogen and oxygen atoms in total. The van der Waals surface area contributed by atoms with Crippen LogP contribution in [0.2, 0.25) is 0 Å². The molecule has 0 saturated heterocycles. The van der Waals surface area contributed by atoms with Crippen LogP contribution < -0.4 is 4.74 Å². The lowest BCUT2D eigenvalue weighted by Crippen LogP contribution is -2.36. The van der Waals surface area contributed by atoms with E-state index in [1.165, 1.54) is 32.1 Å². The fraction of sp³-hybridized carbons (Fsp3) is 0.450. The number of rotatable bonds is 7. The van der Waals surface area contributed by atoms with Crippen molar-refractivity contribution >= 4 is 0 Å². The van der Waals surface area contributed by atoms with Crippen LogP contribution in [0.5, 0.6) is 5.75 Å². The van der Waals surface area contributed by atoms with Crippen LogP contribution in [0.25, 0.3) is 11.5 Å². The van der Waals surface area contributed by atoms with Gasteiger partial charge >= 0.3 is 0 Å². The Hall–Kier alpha value is -2.07. The van der Waals surface area contributed by atoms with Crippen LogP contribution in [0.3, 0.4) is 0 Å². The van der Waals surface area contributed by atoms with Gasteiger partial charge < -0.3 is 9.15 Å².